The first kappa shape index (κ1) is 40.4. The third kappa shape index (κ3) is 16.3. The Bertz CT molecular complexity index is 1280. The molecule has 0 spiro atoms. The van der Waals surface area contributed by atoms with Crippen LogP contribution in [0.4, 0.5) is 0 Å². The van der Waals surface area contributed by atoms with Crippen LogP contribution < -0.4 is 0 Å². The minimum absolute atomic E-state index is 0. The fraction of sp³-hybridized carbons (Fsp3) is 0.379. The van der Waals surface area contributed by atoms with E-state index in [-0.39, 0.29) is 18.5 Å². The highest BCUT2D eigenvalue weighted by molar-refractivity contribution is 9.11. The molecule has 0 radical (unpaired) electrons. The average Bonchev–Trinajstić information content (AvgIpc) is 3.45. The van der Waals surface area contributed by atoms with E-state index < -0.39 is 11.4 Å². The molecule has 2 aromatic carbocycles. The second-order valence-electron chi connectivity index (χ2n) is 8.26. The number of unbranched alkanes of at least 4 members (excludes halogenated alkanes) is 4. The van der Waals surface area contributed by atoms with Crippen LogP contribution >= 0.6 is 96.3 Å². The standard InChI is InChI=1S/C14H15BrOS.C8H5BrS.C6H11ClO.CH4.Al.3ClH/c1-2-3-4-8-11(16)14-13(15)10-7-5-6-9-12(10)17-14;9-7-5-10-8-4-2-1-3-6(7)8;1-2-3-4-5-6(7)8;;;;;/h5-7,9H,2-4,8H2,1H3;1-5H;2-5H2,1H3;1H4;;3*1H/q;;;;+3;;;/p-3. The minimum atomic E-state index is -1.72. The first-order valence-electron chi connectivity index (χ1n) is 12.5. The summed E-state index contributed by atoms with van der Waals surface area (Å²) in [4.78, 5) is 23.1. The van der Waals surface area contributed by atoms with Crippen LogP contribution in [-0.2, 0) is 4.79 Å². The maximum Gasteiger partial charge on any atom is 0.643 e. The molecule has 0 aliphatic rings. The van der Waals surface area contributed by atoms with Gasteiger partial charge in [-0.3, -0.25) is 9.59 Å². The quantitative estimate of drug-likeness (QED) is 0.0731. The molecule has 0 saturated heterocycles. The highest BCUT2D eigenvalue weighted by Crippen LogP contribution is 2.36. The largest absolute Gasteiger partial charge is 0.643 e. The summed E-state index contributed by atoms with van der Waals surface area (Å²) in [6.07, 6.45) is 7.68. The zero-order valence-corrected chi connectivity index (χ0v) is 30.8. The predicted molar refractivity (Wildman–Crippen MR) is 193 cm³/mol. The summed E-state index contributed by atoms with van der Waals surface area (Å²) in [6, 6.07) is 16.5. The van der Waals surface area contributed by atoms with Crippen LogP contribution in [0.25, 0.3) is 20.2 Å². The van der Waals surface area contributed by atoms with E-state index in [9.17, 15) is 9.59 Å². The first-order chi connectivity index (χ1) is 18.6. The van der Waals surface area contributed by atoms with Crippen LogP contribution in [0.3, 0.4) is 0 Å². The number of thiophene rings is 2. The number of Topliss-reactive ketones (excluding diaryl/α,β-unsaturated/α-hetero) is 1. The van der Waals surface area contributed by atoms with E-state index in [0.29, 0.717) is 12.8 Å². The summed E-state index contributed by atoms with van der Waals surface area (Å²) in [5.74, 6) is 0.270. The van der Waals surface area contributed by atoms with Gasteiger partial charge < -0.3 is 0 Å². The number of carbonyl (C=O) groups excluding carboxylic acids is 2. The molecule has 11 heteroatoms. The van der Waals surface area contributed by atoms with Crippen molar-refractivity contribution >= 4 is 139 Å². The van der Waals surface area contributed by atoms with Gasteiger partial charge in [-0.1, -0.05) is 83.4 Å². The lowest BCUT2D eigenvalue weighted by molar-refractivity contribution is -0.111. The van der Waals surface area contributed by atoms with Gasteiger partial charge in [0, 0.05) is 47.3 Å². The molecule has 0 atom stereocenters. The predicted octanol–water partition coefficient (Wildman–Crippen LogP) is 13.7. The van der Waals surface area contributed by atoms with Crippen LogP contribution in [0, 0.1) is 0 Å². The van der Waals surface area contributed by atoms with Crippen molar-refractivity contribution in [3.8, 4) is 0 Å². The van der Waals surface area contributed by atoms with Crippen molar-refractivity contribution in [3.63, 3.8) is 0 Å². The SMILES string of the molecule is Brc1csc2ccccc12.C.CCCCCC(=O)Cl.CCCCCC(=O)c1sc2ccccc2c1Br.[Cl][Al]([Cl])[Cl]. The summed E-state index contributed by atoms with van der Waals surface area (Å²) in [5.41, 5.74) is 0. The highest BCUT2D eigenvalue weighted by atomic mass is 79.9. The lowest BCUT2D eigenvalue weighted by Crippen LogP contribution is -1.96. The Morgan fingerprint density at radius 3 is 1.80 bits per heavy atom. The third-order valence-corrected chi connectivity index (χ3v) is 9.62. The molecule has 0 N–H and O–H groups in total. The maximum atomic E-state index is 12.1. The van der Waals surface area contributed by atoms with E-state index in [4.69, 9.17) is 41.7 Å². The van der Waals surface area contributed by atoms with Gasteiger partial charge in [-0.25, -0.2) is 30.1 Å². The number of hydrogen-bond donors (Lipinski definition) is 0. The molecule has 0 unspecified atom stereocenters. The Hall–Kier alpha value is 0.352. The normalized spacial score (nSPS) is 9.80. The molecule has 0 aliphatic carbocycles. The number of carbonyl (C=O) groups is 2. The second kappa shape index (κ2) is 23.8. The van der Waals surface area contributed by atoms with E-state index in [2.05, 4.69) is 87.5 Å². The Balaban J connectivity index is 0.000000566. The Morgan fingerprint density at radius 2 is 1.30 bits per heavy atom. The molecule has 0 saturated carbocycles. The van der Waals surface area contributed by atoms with Crippen LogP contribution in [0.2, 0.25) is 0 Å². The van der Waals surface area contributed by atoms with E-state index >= 15 is 0 Å². The average molecular weight is 808 g/mol. The fourth-order valence-corrected chi connectivity index (χ4v) is 7.02. The summed E-state index contributed by atoms with van der Waals surface area (Å²) >= 11 is 13.7. The maximum absolute atomic E-state index is 12.1. The molecule has 0 fully saturated rings. The van der Waals surface area contributed by atoms with Gasteiger partial charge in [0.25, 0.3) is 0 Å². The number of benzene rings is 2. The zero-order valence-electron chi connectivity index (χ0n) is 21.8. The molecule has 2 nitrogen and oxygen atoms in total. The lowest BCUT2D eigenvalue weighted by atomic mass is 10.1. The van der Waals surface area contributed by atoms with Gasteiger partial charge in [-0.2, -0.15) is 0 Å². The summed E-state index contributed by atoms with van der Waals surface area (Å²) < 4.78 is 4.69. The van der Waals surface area contributed by atoms with E-state index in [1.165, 1.54) is 19.3 Å². The topological polar surface area (TPSA) is 34.1 Å². The Kier molecular flexibility index (Phi) is 24.0. The van der Waals surface area contributed by atoms with E-state index in [1.807, 2.05) is 12.1 Å². The molecule has 40 heavy (non-hydrogen) atoms. The van der Waals surface area contributed by atoms with Crippen molar-refractivity contribution in [1.82, 2.24) is 0 Å². The van der Waals surface area contributed by atoms with Gasteiger partial charge in [-0.05, 0) is 68.4 Å². The summed E-state index contributed by atoms with van der Waals surface area (Å²) in [7, 11) is 14.8. The summed E-state index contributed by atoms with van der Waals surface area (Å²) in [5, 5.41) is 4.37. The van der Waals surface area contributed by atoms with Crippen molar-refractivity contribution in [2.24, 2.45) is 0 Å². The molecule has 0 amide bonds. The van der Waals surface area contributed by atoms with Crippen molar-refractivity contribution in [2.75, 3.05) is 0 Å². The van der Waals surface area contributed by atoms with Crippen molar-refractivity contribution in [1.29, 1.82) is 0 Å². The smallest absolute Gasteiger partial charge is 0.293 e. The number of hydrogen-bond acceptors (Lipinski definition) is 4. The molecule has 220 valence electrons. The Labute approximate surface area is 286 Å². The molecule has 4 aromatic rings. The Morgan fingerprint density at radius 1 is 0.800 bits per heavy atom. The van der Waals surface area contributed by atoms with Crippen LogP contribution in [0.15, 0.2) is 62.9 Å². The van der Waals surface area contributed by atoms with Gasteiger partial charge in [0.05, 0.1) is 4.88 Å². The molecule has 0 aliphatic heterocycles. The van der Waals surface area contributed by atoms with Gasteiger partial charge >= 0.3 is 11.4 Å². The monoisotopic (exact) mass is 804 g/mol. The van der Waals surface area contributed by atoms with Crippen LogP contribution in [0.5, 0.6) is 0 Å². The molecule has 2 aromatic heterocycles. The van der Waals surface area contributed by atoms with Gasteiger partial charge in [0.2, 0.25) is 5.24 Å². The van der Waals surface area contributed by atoms with Gasteiger partial charge in [0.15, 0.2) is 5.78 Å². The van der Waals surface area contributed by atoms with E-state index in [0.717, 1.165) is 53.3 Å². The molecular formula is C29H35AlBr2Cl4O2S2. The second-order valence-corrected chi connectivity index (χ2v) is 18.7. The third-order valence-electron chi connectivity index (χ3n) is 5.21. The fourth-order valence-electron chi connectivity index (χ4n) is 3.30. The zero-order chi connectivity index (χ0) is 29.2. The minimum Gasteiger partial charge on any atom is -0.293 e. The number of halogens is 6. The van der Waals surface area contributed by atoms with E-state index in [1.54, 1.807) is 22.7 Å². The van der Waals surface area contributed by atoms with Gasteiger partial charge in [-0.15, -0.1) is 22.7 Å². The van der Waals surface area contributed by atoms with Gasteiger partial charge in [0.1, 0.15) is 0 Å². The van der Waals surface area contributed by atoms with Crippen molar-refractivity contribution < 1.29 is 9.59 Å². The number of rotatable bonds is 9. The number of fused-ring (bicyclic) bond motifs is 2. The molecule has 4 rings (SSSR count). The lowest BCUT2D eigenvalue weighted by Gasteiger charge is -1.98. The summed E-state index contributed by atoms with van der Waals surface area (Å²) in [6.45, 7) is 4.25. The number of ketones is 1. The molecule has 2 heterocycles. The van der Waals surface area contributed by atoms with Crippen LogP contribution in [-0.4, -0.2) is 22.4 Å². The highest BCUT2D eigenvalue weighted by Gasteiger charge is 2.15. The molecule has 0 bridgehead atoms. The van der Waals surface area contributed by atoms with Crippen molar-refractivity contribution in [2.45, 2.75) is 72.6 Å². The first-order valence-corrected chi connectivity index (χ1v) is 21.4. The van der Waals surface area contributed by atoms with Crippen molar-refractivity contribution in [3.05, 3.63) is 67.7 Å². The van der Waals surface area contributed by atoms with Crippen LogP contribution in [0.1, 0.15) is 82.3 Å². The molecular weight excluding hydrogens is 773 g/mol.